The van der Waals surface area contributed by atoms with Gasteiger partial charge in [0, 0.05) is 6.42 Å². The van der Waals surface area contributed by atoms with Crippen molar-refractivity contribution in [3.8, 4) is 0 Å². The van der Waals surface area contributed by atoms with Gasteiger partial charge in [-0.05, 0) is 37.3 Å². The Bertz CT molecular complexity index is 399. The molecule has 2 nitrogen and oxygen atoms in total. The Morgan fingerprint density at radius 1 is 1.31 bits per heavy atom. The number of benzene rings is 1. The zero-order valence-electron chi connectivity index (χ0n) is 9.83. The maximum absolute atomic E-state index is 11.9. The lowest BCUT2D eigenvalue weighted by Crippen LogP contribution is -2.51. The number of hydrogen-bond acceptors (Lipinski definition) is 2. The van der Waals surface area contributed by atoms with Gasteiger partial charge >= 0.3 is 0 Å². The molecule has 0 spiro atoms. The van der Waals surface area contributed by atoms with Gasteiger partial charge in [-0.1, -0.05) is 30.7 Å². The average Bonchev–Trinajstić information content (AvgIpc) is 2.26. The Morgan fingerprint density at radius 3 is 2.75 bits per heavy atom. The van der Waals surface area contributed by atoms with E-state index >= 15 is 0 Å². The minimum atomic E-state index is -0.607. The second-order valence-electron chi connectivity index (χ2n) is 4.89. The Kier molecular flexibility index (Phi) is 3.10. The van der Waals surface area contributed by atoms with Crippen molar-refractivity contribution in [2.24, 2.45) is 5.73 Å². The van der Waals surface area contributed by atoms with E-state index in [9.17, 15) is 4.79 Å². The van der Waals surface area contributed by atoms with Gasteiger partial charge in [-0.25, -0.2) is 0 Å². The van der Waals surface area contributed by atoms with Crippen LogP contribution in [-0.2, 0) is 11.2 Å². The van der Waals surface area contributed by atoms with Crippen molar-refractivity contribution in [2.75, 3.05) is 0 Å². The zero-order valence-corrected chi connectivity index (χ0v) is 9.83. The molecule has 0 unspecified atom stereocenters. The summed E-state index contributed by atoms with van der Waals surface area (Å²) in [6.45, 7) is 2.08. The molecular formula is C14H19NO. The van der Waals surface area contributed by atoms with Crippen LogP contribution < -0.4 is 5.73 Å². The van der Waals surface area contributed by atoms with Crippen LogP contribution in [0.15, 0.2) is 24.3 Å². The van der Waals surface area contributed by atoms with Crippen molar-refractivity contribution >= 4 is 5.78 Å². The summed E-state index contributed by atoms with van der Waals surface area (Å²) in [5.74, 6) is 0.238. The molecule has 0 aliphatic heterocycles. The first-order valence-electron chi connectivity index (χ1n) is 5.98. The van der Waals surface area contributed by atoms with Gasteiger partial charge in [-0.3, -0.25) is 4.79 Å². The van der Waals surface area contributed by atoms with Crippen molar-refractivity contribution in [2.45, 2.75) is 44.6 Å². The van der Waals surface area contributed by atoms with E-state index in [4.69, 9.17) is 5.73 Å². The third kappa shape index (κ3) is 2.17. The fourth-order valence-electron chi connectivity index (χ4n) is 2.45. The first kappa shape index (κ1) is 11.3. The van der Waals surface area contributed by atoms with Crippen LogP contribution in [0.2, 0.25) is 0 Å². The van der Waals surface area contributed by atoms with E-state index in [1.54, 1.807) is 0 Å². The maximum Gasteiger partial charge on any atom is 0.152 e. The summed E-state index contributed by atoms with van der Waals surface area (Å²) in [6, 6.07) is 8.18. The van der Waals surface area contributed by atoms with Crippen LogP contribution in [0.4, 0.5) is 0 Å². The highest BCUT2D eigenvalue weighted by Gasteiger charge is 2.35. The van der Waals surface area contributed by atoms with Gasteiger partial charge in [0.15, 0.2) is 5.78 Å². The Labute approximate surface area is 96.8 Å². The average molecular weight is 217 g/mol. The van der Waals surface area contributed by atoms with Crippen molar-refractivity contribution < 1.29 is 4.79 Å². The topological polar surface area (TPSA) is 43.1 Å². The van der Waals surface area contributed by atoms with Crippen LogP contribution in [0.3, 0.4) is 0 Å². The van der Waals surface area contributed by atoms with Crippen LogP contribution in [0.25, 0.3) is 0 Å². The number of hydrogen-bond donors (Lipinski definition) is 1. The number of carbonyl (C=O) groups is 1. The Morgan fingerprint density at radius 2 is 2.06 bits per heavy atom. The molecule has 1 fully saturated rings. The molecule has 1 aliphatic rings. The van der Waals surface area contributed by atoms with Gasteiger partial charge < -0.3 is 5.73 Å². The minimum Gasteiger partial charge on any atom is -0.319 e. The molecular weight excluding hydrogens is 198 g/mol. The van der Waals surface area contributed by atoms with E-state index in [2.05, 4.69) is 19.1 Å². The lowest BCUT2D eigenvalue weighted by molar-refractivity contribution is -0.126. The van der Waals surface area contributed by atoms with Crippen molar-refractivity contribution in [1.82, 2.24) is 0 Å². The number of ketones is 1. The summed E-state index contributed by atoms with van der Waals surface area (Å²) < 4.78 is 0. The molecule has 2 heteroatoms. The standard InChI is InChI=1S/C14H19NO/c1-11-6-2-3-7-12(11)10-14(15)9-5-4-8-13(14)16/h2-3,6-7H,4-5,8-10,15H2,1H3/t14-/m0/s1. The highest BCUT2D eigenvalue weighted by Crippen LogP contribution is 2.27. The van der Waals surface area contributed by atoms with E-state index in [-0.39, 0.29) is 5.78 Å². The normalized spacial score (nSPS) is 25.8. The molecule has 0 amide bonds. The SMILES string of the molecule is Cc1ccccc1C[C@@]1(N)CCCCC1=O. The number of rotatable bonds is 2. The largest absolute Gasteiger partial charge is 0.319 e. The van der Waals surface area contributed by atoms with E-state index in [1.165, 1.54) is 11.1 Å². The van der Waals surface area contributed by atoms with Crippen LogP contribution >= 0.6 is 0 Å². The molecule has 1 atom stereocenters. The lowest BCUT2D eigenvalue weighted by Gasteiger charge is -2.32. The number of carbonyl (C=O) groups excluding carboxylic acids is 1. The molecule has 1 saturated carbocycles. The molecule has 1 aromatic rings. The molecule has 16 heavy (non-hydrogen) atoms. The summed E-state index contributed by atoms with van der Waals surface area (Å²) in [6.07, 6.45) is 4.26. The molecule has 0 bridgehead atoms. The van der Waals surface area contributed by atoms with E-state index in [1.807, 2.05) is 12.1 Å². The van der Waals surface area contributed by atoms with Gasteiger partial charge in [-0.2, -0.15) is 0 Å². The molecule has 1 aliphatic carbocycles. The van der Waals surface area contributed by atoms with Gasteiger partial charge in [0.05, 0.1) is 5.54 Å². The fourth-order valence-corrected chi connectivity index (χ4v) is 2.45. The Balaban J connectivity index is 2.20. The molecule has 86 valence electrons. The maximum atomic E-state index is 11.9. The highest BCUT2D eigenvalue weighted by atomic mass is 16.1. The summed E-state index contributed by atoms with van der Waals surface area (Å²) in [5, 5.41) is 0. The lowest BCUT2D eigenvalue weighted by atomic mass is 9.77. The van der Waals surface area contributed by atoms with Gasteiger partial charge in [0.1, 0.15) is 0 Å². The molecule has 2 rings (SSSR count). The number of aryl methyl sites for hydroxylation is 1. The summed E-state index contributed by atoms with van der Waals surface area (Å²) in [5.41, 5.74) is 8.08. The Hall–Kier alpha value is -1.15. The van der Waals surface area contributed by atoms with Crippen LogP contribution in [0.5, 0.6) is 0 Å². The van der Waals surface area contributed by atoms with Crippen LogP contribution in [-0.4, -0.2) is 11.3 Å². The van der Waals surface area contributed by atoms with Crippen LogP contribution in [0.1, 0.15) is 36.8 Å². The predicted molar refractivity (Wildman–Crippen MR) is 65.3 cm³/mol. The zero-order chi connectivity index (χ0) is 11.6. The molecule has 0 saturated heterocycles. The minimum absolute atomic E-state index is 0.238. The second kappa shape index (κ2) is 4.38. The predicted octanol–water partition coefficient (Wildman–Crippen LogP) is 2.38. The number of nitrogens with two attached hydrogens (primary N) is 1. The second-order valence-corrected chi connectivity index (χ2v) is 4.89. The summed E-state index contributed by atoms with van der Waals surface area (Å²) in [4.78, 5) is 11.9. The number of Topliss-reactive ketones (excluding diaryl/α,β-unsaturated/α-hetero) is 1. The molecule has 0 aromatic heterocycles. The third-order valence-electron chi connectivity index (χ3n) is 3.60. The molecule has 0 heterocycles. The first-order chi connectivity index (χ1) is 7.62. The highest BCUT2D eigenvalue weighted by molar-refractivity contribution is 5.89. The van der Waals surface area contributed by atoms with E-state index < -0.39 is 5.54 Å². The monoisotopic (exact) mass is 217 g/mol. The summed E-state index contributed by atoms with van der Waals surface area (Å²) >= 11 is 0. The fraction of sp³-hybridized carbons (Fsp3) is 0.500. The van der Waals surface area contributed by atoms with Gasteiger partial charge in [-0.15, -0.1) is 0 Å². The van der Waals surface area contributed by atoms with Crippen molar-refractivity contribution in [3.05, 3.63) is 35.4 Å². The van der Waals surface area contributed by atoms with E-state index in [0.717, 1.165) is 19.3 Å². The molecule has 1 aromatic carbocycles. The molecule has 0 radical (unpaired) electrons. The quantitative estimate of drug-likeness (QED) is 0.826. The van der Waals surface area contributed by atoms with Crippen molar-refractivity contribution in [1.29, 1.82) is 0 Å². The third-order valence-corrected chi connectivity index (χ3v) is 3.60. The smallest absolute Gasteiger partial charge is 0.152 e. The van der Waals surface area contributed by atoms with Crippen LogP contribution in [0, 0.1) is 6.92 Å². The summed E-state index contributed by atoms with van der Waals surface area (Å²) in [7, 11) is 0. The van der Waals surface area contributed by atoms with Gasteiger partial charge in [0.25, 0.3) is 0 Å². The van der Waals surface area contributed by atoms with E-state index in [0.29, 0.717) is 12.8 Å². The van der Waals surface area contributed by atoms with Crippen molar-refractivity contribution in [3.63, 3.8) is 0 Å². The first-order valence-corrected chi connectivity index (χ1v) is 5.98. The van der Waals surface area contributed by atoms with Gasteiger partial charge in [0.2, 0.25) is 0 Å². The molecule has 2 N–H and O–H groups in total.